The Balaban J connectivity index is 2.91. The largest absolute Gasteiger partial charge is 0.500 e. The van der Waals surface area contributed by atoms with Crippen LogP contribution in [-0.4, -0.2) is 22.5 Å². The molecule has 0 saturated heterocycles. The van der Waals surface area contributed by atoms with E-state index in [-0.39, 0.29) is 5.76 Å². The molecule has 1 rings (SSSR count). The van der Waals surface area contributed by atoms with Crippen LogP contribution >= 0.6 is 0 Å². The van der Waals surface area contributed by atoms with Crippen molar-refractivity contribution in [3.05, 3.63) is 11.5 Å². The Labute approximate surface area is 75.4 Å². The molecule has 0 fully saturated rings. The summed E-state index contributed by atoms with van der Waals surface area (Å²) in [5.74, 6) is -2.47. The normalized spacial score (nSPS) is 17.8. The van der Waals surface area contributed by atoms with Crippen molar-refractivity contribution in [2.24, 2.45) is 0 Å². The molecule has 1 heterocycles. The lowest BCUT2D eigenvalue weighted by Gasteiger charge is -2.20. The third-order valence-corrected chi connectivity index (χ3v) is 1.27. The number of ether oxygens (including phenoxy) is 1. The van der Waals surface area contributed by atoms with E-state index in [4.69, 9.17) is 9.84 Å². The van der Waals surface area contributed by atoms with Crippen LogP contribution in [0.5, 0.6) is 0 Å². The van der Waals surface area contributed by atoms with E-state index in [9.17, 15) is 9.59 Å². The molecule has 0 unspecified atom stereocenters. The van der Waals surface area contributed by atoms with Gasteiger partial charge in [0.05, 0.1) is 0 Å². The smallest absolute Gasteiger partial charge is 0.297 e. The van der Waals surface area contributed by atoms with Crippen molar-refractivity contribution < 1.29 is 19.4 Å². The molecule has 5 nitrogen and oxygen atoms in total. The first-order chi connectivity index (χ1) is 5.81. The number of aliphatic hydroxyl groups is 1. The molecule has 0 atom stereocenters. The Kier molecular flexibility index (Phi) is 2.03. The van der Waals surface area contributed by atoms with E-state index in [1.807, 2.05) is 5.32 Å². The Morgan fingerprint density at radius 2 is 1.77 bits per heavy atom. The summed E-state index contributed by atoms with van der Waals surface area (Å²) >= 11 is 0. The van der Waals surface area contributed by atoms with Gasteiger partial charge >= 0.3 is 0 Å². The fourth-order valence-electron chi connectivity index (χ4n) is 0.831. The van der Waals surface area contributed by atoms with Crippen molar-refractivity contribution in [2.45, 2.75) is 26.4 Å². The number of hydrogen-bond acceptors (Lipinski definition) is 4. The van der Waals surface area contributed by atoms with Gasteiger partial charge in [-0.3, -0.25) is 14.9 Å². The predicted molar refractivity (Wildman–Crippen MR) is 43.6 cm³/mol. The van der Waals surface area contributed by atoms with Crippen molar-refractivity contribution in [1.82, 2.24) is 5.32 Å². The number of carbonyl (C=O) groups is 2. The Morgan fingerprint density at radius 1 is 1.23 bits per heavy atom. The molecule has 2 N–H and O–H groups in total. The number of amides is 2. The number of hydrogen-bond donors (Lipinski definition) is 2. The number of rotatable bonds is 1. The molecule has 72 valence electrons. The van der Waals surface area contributed by atoms with Gasteiger partial charge in [0.1, 0.15) is 5.60 Å². The first-order valence-electron chi connectivity index (χ1n) is 3.79. The van der Waals surface area contributed by atoms with Gasteiger partial charge in [0.25, 0.3) is 11.8 Å². The Morgan fingerprint density at radius 3 is 2.08 bits per heavy atom. The molecule has 1 aliphatic rings. The second kappa shape index (κ2) is 2.76. The summed E-state index contributed by atoms with van der Waals surface area (Å²) in [7, 11) is 0. The van der Waals surface area contributed by atoms with Gasteiger partial charge in [0.15, 0.2) is 0 Å². The first kappa shape index (κ1) is 9.57. The molecule has 0 bridgehead atoms. The minimum absolute atomic E-state index is 0.308. The lowest BCUT2D eigenvalue weighted by Crippen LogP contribution is -2.26. The fraction of sp³-hybridized carbons (Fsp3) is 0.500. The maximum Gasteiger partial charge on any atom is 0.297 e. The molecule has 2 amide bonds. The van der Waals surface area contributed by atoms with E-state index >= 15 is 0 Å². The van der Waals surface area contributed by atoms with E-state index in [1.165, 1.54) is 0 Å². The molecule has 0 saturated carbocycles. The van der Waals surface area contributed by atoms with Gasteiger partial charge in [-0.25, -0.2) is 0 Å². The molecule has 0 aliphatic carbocycles. The SMILES string of the molecule is CC(C)(C)OC1=C(O)C(=O)NC1=O. The third kappa shape index (κ3) is 1.99. The van der Waals surface area contributed by atoms with Crippen molar-refractivity contribution in [1.29, 1.82) is 0 Å². The van der Waals surface area contributed by atoms with Crippen molar-refractivity contribution in [2.75, 3.05) is 0 Å². The van der Waals surface area contributed by atoms with Crippen LogP contribution in [0.25, 0.3) is 0 Å². The second-order valence-corrected chi connectivity index (χ2v) is 3.68. The van der Waals surface area contributed by atoms with E-state index in [0.717, 1.165) is 0 Å². The van der Waals surface area contributed by atoms with E-state index in [0.29, 0.717) is 0 Å². The maximum atomic E-state index is 11.0. The molecule has 13 heavy (non-hydrogen) atoms. The van der Waals surface area contributed by atoms with Gasteiger partial charge in [-0.2, -0.15) is 0 Å². The van der Waals surface area contributed by atoms with Gasteiger partial charge < -0.3 is 9.84 Å². The summed E-state index contributed by atoms with van der Waals surface area (Å²) in [5, 5.41) is 11.0. The van der Waals surface area contributed by atoms with Gasteiger partial charge in [-0.1, -0.05) is 0 Å². The van der Waals surface area contributed by atoms with E-state index in [2.05, 4.69) is 0 Å². The highest BCUT2D eigenvalue weighted by molar-refractivity contribution is 6.17. The summed E-state index contributed by atoms with van der Waals surface area (Å²) in [5.41, 5.74) is -0.620. The summed E-state index contributed by atoms with van der Waals surface area (Å²) in [6.07, 6.45) is 0. The molecule has 0 aromatic rings. The predicted octanol–water partition coefficient (Wildman–Crippen LogP) is 0.227. The highest BCUT2D eigenvalue weighted by atomic mass is 16.5. The Hall–Kier alpha value is -1.52. The molecule has 0 aromatic carbocycles. The highest BCUT2D eigenvalue weighted by Crippen LogP contribution is 2.19. The Bertz CT molecular complexity index is 298. The summed E-state index contributed by atoms with van der Waals surface area (Å²) in [6, 6.07) is 0. The van der Waals surface area contributed by atoms with Gasteiger partial charge in [-0.05, 0) is 20.8 Å². The lowest BCUT2D eigenvalue weighted by atomic mass is 10.2. The molecule has 0 aromatic heterocycles. The van der Waals surface area contributed by atoms with Crippen LogP contribution < -0.4 is 5.32 Å². The molecular formula is C8H11NO4. The third-order valence-electron chi connectivity index (χ3n) is 1.27. The summed E-state index contributed by atoms with van der Waals surface area (Å²) in [6.45, 7) is 5.13. The van der Waals surface area contributed by atoms with Crippen LogP contribution in [0.2, 0.25) is 0 Å². The zero-order chi connectivity index (χ0) is 10.2. The molecule has 5 heteroatoms. The maximum absolute atomic E-state index is 11.0. The number of nitrogens with one attached hydrogen (secondary N) is 1. The van der Waals surface area contributed by atoms with Crippen LogP contribution in [0.4, 0.5) is 0 Å². The summed E-state index contributed by atoms with van der Waals surface area (Å²) in [4.78, 5) is 21.8. The minimum Gasteiger partial charge on any atom is -0.500 e. The van der Waals surface area contributed by atoms with Crippen molar-refractivity contribution in [3.8, 4) is 0 Å². The topological polar surface area (TPSA) is 75.6 Å². The van der Waals surface area contributed by atoms with Crippen molar-refractivity contribution >= 4 is 11.8 Å². The molecular weight excluding hydrogens is 174 g/mol. The monoisotopic (exact) mass is 185 g/mol. The minimum atomic E-state index is -0.816. The number of carbonyl (C=O) groups excluding carboxylic acids is 2. The standard InChI is InChI=1S/C8H11NO4/c1-8(2,3)13-5-4(10)6(11)9-7(5)12/h1-3H3,(H2,9,10,11,12). The molecule has 0 radical (unpaired) electrons. The van der Waals surface area contributed by atoms with Crippen LogP contribution in [0.1, 0.15) is 20.8 Å². The fourth-order valence-corrected chi connectivity index (χ4v) is 0.831. The quantitative estimate of drug-likeness (QED) is 0.573. The van der Waals surface area contributed by atoms with Gasteiger partial charge in [0.2, 0.25) is 11.5 Å². The zero-order valence-corrected chi connectivity index (χ0v) is 7.67. The van der Waals surface area contributed by atoms with E-state index < -0.39 is 23.2 Å². The van der Waals surface area contributed by atoms with Crippen LogP contribution in [-0.2, 0) is 14.3 Å². The average Bonchev–Trinajstić information content (AvgIpc) is 2.14. The number of imide groups is 1. The summed E-state index contributed by atoms with van der Waals surface area (Å²) < 4.78 is 5.09. The van der Waals surface area contributed by atoms with Crippen LogP contribution in [0.3, 0.4) is 0 Å². The second-order valence-electron chi connectivity index (χ2n) is 3.68. The average molecular weight is 185 g/mol. The number of aliphatic hydroxyl groups excluding tert-OH is 1. The zero-order valence-electron chi connectivity index (χ0n) is 7.67. The van der Waals surface area contributed by atoms with E-state index in [1.54, 1.807) is 20.8 Å². The first-order valence-corrected chi connectivity index (χ1v) is 3.79. The lowest BCUT2D eigenvalue weighted by molar-refractivity contribution is -0.127. The van der Waals surface area contributed by atoms with Gasteiger partial charge in [0, 0.05) is 0 Å². The van der Waals surface area contributed by atoms with Gasteiger partial charge in [-0.15, -0.1) is 0 Å². The molecule has 1 aliphatic heterocycles. The highest BCUT2D eigenvalue weighted by Gasteiger charge is 2.34. The molecule has 0 spiro atoms. The van der Waals surface area contributed by atoms with Crippen molar-refractivity contribution in [3.63, 3.8) is 0 Å². The van der Waals surface area contributed by atoms with Crippen LogP contribution in [0, 0.1) is 0 Å². The van der Waals surface area contributed by atoms with Crippen LogP contribution in [0.15, 0.2) is 11.5 Å².